The van der Waals surface area contributed by atoms with Crippen molar-refractivity contribution >= 4 is 38.0 Å². The van der Waals surface area contributed by atoms with Crippen LogP contribution in [0.5, 0.6) is 0 Å². The second kappa shape index (κ2) is 3.34. The van der Waals surface area contributed by atoms with E-state index < -0.39 is 0 Å². The third kappa shape index (κ3) is 1.95. The first-order valence-corrected chi connectivity index (χ1v) is 4.11. The van der Waals surface area contributed by atoms with E-state index in [4.69, 9.17) is 11.6 Å². The molecule has 0 N–H and O–H groups in total. The summed E-state index contributed by atoms with van der Waals surface area (Å²) >= 11 is 7.34. The molecular weight excluding hydrogens is 262 g/mol. The number of hydrogen-bond acceptors (Lipinski definition) is 1. The van der Waals surface area contributed by atoms with Gasteiger partial charge in [-0.3, -0.25) is 4.79 Å². The Bertz CT molecular complexity index is 242. The van der Waals surface area contributed by atoms with Crippen molar-refractivity contribution in [1.82, 2.24) is 0 Å². The fraction of sp³-hybridized carbons (Fsp3) is 0. The number of benzene rings is 1. The van der Waals surface area contributed by atoms with Crippen molar-refractivity contribution in [3.05, 3.63) is 34.9 Å². The zero-order chi connectivity index (χ0) is 7.56. The van der Waals surface area contributed by atoms with Crippen LogP contribution in [0.4, 0.5) is 0 Å². The SMILES string of the molecule is O=C(I)c1ccc(Cl)cc1. The van der Waals surface area contributed by atoms with Gasteiger partial charge in [-0.2, -0.15) is 0 Å². The van der Waals surface area contributed by atoms with Crippen molar-refractivity contribution in [3.8, 4) is 0 Å². The molecule has 0 heterocycles. The third-order valence-electron chi connectivity index (χ3n) is 1.07. The van der Waals surface area contributed by atoms with Crippen LogP contribution in [0.1, 0.15) is 10.4 Å². The van der Waals surface area contributed by atoms with Crippen LogP contribution < -0.4 is 0 Å². The molecule has 0 saturated heterocycles. The lowest BCUT2D eigenvalue weighted by Gasteiger charge is -1.91. The van der Waals surface area contributed by atoms with Gasteiger partial charge in [0.25, 0.3) is 0 Å². The maximum Gasteiger partial charge on any atom is 0.222 e. The van der Waals surface area contributed by atoms with Gasteiger partial charge in [-0.05, 0) is 24.3 Å². The van der Waals surface area contributed by atoms with Crippen molar-refractivity contribution in [2.45, 2.75) is 0 Å². The summed E-state index contributed by atoms with van der Waals surface area (Å²) in [4.78, 5) is 10.7. The van der Waals surface area contributed by atoms with Crippen LogP contribution in [0, 0.1) is 0 Å². The van der Waals surface area contributed by atoms with E-state index >= 15 is 0 Å². The second-order valence-electron chi connectivity index (χ2n) is 1.78. The number of carbonyl (C=O) groups is 1. The monoisotopic (exact) mass is 266 g/mol. The first kappa shape index (κ1) is 8.01. The molecule has 0 aromatic heterocycles. The Morgan fingerprint density at radius 3 is 2.20 bits per heavy atom. The minimum Gasteiger partial charge on any atom is -0.282 e. The van der Waals surface area contributed by atoms with E-state index in [0.29, 0.717) is 10.6 Å². The molecule has 52 valence electrons. The van der Waals surface area contributed by atoms with Crippen molar-refractivity contribution < 1.29 is 4.79 Å². The lowest BCUT2D eigenvalue weighted by molar-refractivity contribution is 0.110. The van der Waals surface area contributed by atoms with Gasteiger partial charge >= 0.3 is 0 Å². The van der Waals surface area contributed by atoms with E-state index in [1.807, 2.05) is 0 Å². The summed E-state index contributed by atoms with van der Waals surface area (Å²) in [5, 5.41) is 0.654. The number of hydrogen-bond donors (Lipinski definition) is 0. The minimum atomic E-state index is 0.0364. The van der Waals surface area contributed by atoms with Gasteiger partial charge in [0.1, 0.15) is 0 Å². The van der Waals surface area contributed by atoms with Gasteiger partial charge < -0.3 is 0 Å². The molecule has 1 aromatic carbocycles. The van der Waals surface area contributed by atoms with Crippen LogP contribution in [0.15, 0.2) is 24.3 Å². The molecule has 0 aliphatic heterocycles. The van der Waals surface area contributed by atoms with Gasteiger partial charge in [-0.25, -0.2) is 0 Å². The van der Waals surface area contributed by atoms with Gasteiger partial charge in [0.05, 0.1) is 0 Å². The van der Waals surface area contributed by atoms with Gasteiger partial charge in [-0.1, -0.05) is 11.6 Å². The number of halogens is 2. The summed E-state index contributed by atoms with van der Waals surface area (Å²) in [6.07, 6.45) is 0. The van der Waals surface area contributed by atoms with E-state index in [1.165, 1.54) is 0 Å². The molecule has 3 heteroatoms. The van der Waals surface area contributed by atoms with E-state index in [2.05, 4.69) is 0 Å². The maximum absolute atomic E-state index is 10.7. The van der Waals surface area contributed by atoms with Crippen LogP contribution in [-0.4, -0.2) is 3.79 Å². The highest BCUT2D eigenvalue weighted by molar-refractivity contribution is 14.1. The molecule has 0 amide bonds. The van der Waals surface area contributed by atoms with E-state index in [9.17, 15) is 4.79 Å². The van der Waals surface area contributed by atoms with Crippen molar-refractivity contribution in [1.29, 1.82) is 0 Å². The average molecular weight is 266 g/mol. The predicted molar refractivity (Wildman–Crippen MR) is 49.8 cm³/mol. The van der Waals surface area contributed by atoms with Crippen LogP contribution in [0.3, 0.4) is 0 Å². The molecule has 0 saturated carbocycles. The zero-order valence-corrected chi connectivity index (χ0v) is 7.89. The molecule has 0 aliphatic carbocycles. The third-order valence-corrected chi connectivity index (χ3v) is 1.95. The Balaban J connectivity index is 3.00. The predicted octanol–water partition coefficient (Wildman–Crippen LogP) is 2.92. The van der Waals surface area contributed by atoms with Gasteiger partial charge in [0, 0.05) is 33.2 Å². The summed E-state index contributed by atoms with van der Waals surface area (Å²) in [5.74, 6) is 0. The zero-order valence-electron chi connectivity index (χ0n) is 4.97. The first-order valence-electron chi connectivity index (χ1n) is 2.65. The standard InChI is InChI=1S/C7H4ClIO/c8-6-3-1-5(2-4-6)7(9)10/h1-4H. The molecule has 0 atom stereocenters. The number of carbonyl (C=O) groups excluding carboxylic acids is 1. The largest absolute Gasteiger partial charge is 0.282 e. The van der Waals surface area contributed by atoms with Gasteiger partial charge in [0.2, 0.25) is 3.79 Å². The average Bonchev–Trinajstić information content (AvgIpc) is 1.88. The highest BCUT2D eigenvalue weighted by atomic mass is 127. The van der Waals surface area contributed by atoms with Crippen LogP contribution in [0.2, 0.25) is 5.02 Å². The highest BCUT2D eigenvalue weighted by Gasteiger charge is 1.97. The Labute approximate surface area is 77.5 Å². The molecule has 0 fully saturated rings. The maximum atomic E-state index is 10.7. The molecule has 0 aliphatic rings. The highest BCUT2D eigenvalue weighted by Crippen LogP contribution is 2.11. The molecule has 1 rings (SSSR count). The Kier molecular flexibility index (Phi) is 2.68. The Morgan fingerprint density at radius 2 is 1.80 bits per heavy atom. The summed E-state index contributed by atoms with van der Waals surface area (Å²) < 4.78 is 0.0364. The summed E-state index contributed by atoms with van der Waals surface area (Å²) in [7, 11) is 0. The summed E-state index contributed by atoms with van der Waals surface area (Å²) in [6.45, 7) is 0. The molecule has 0 bridgehead atoms. The second-order valence-corrected chi connectivity index (χ2v) is 3.20. The smallest absolute Gasteiger partial charge is 0.222 e. The van der Waals surface area contributed by atoms with E-state index in [0.717, 1.165) is 0 Å². The normalized spacial score (nSPS) is 9.40. The Hall–Kier alpha value is -0.0900. The van der Waals surface area contributed by atoms with Gasteiger partial charge in [0.15, 0.2) is 0 Å². The Morgan fingerprint density at radius 1 is 1.30 bits per heavy atom. The van der Waals surface area contributed by atoms with Gasteiger partial charge in [-0.15, -0.1) is 0 Å². The van der Waals surface area contributed by atoms with Crippen molar-refractivity contribution in [2.24, 2.45) is 0 Å². The molecule has 1 aromatic rings. The van der Waals surface area contributed by atoms with Crippen molar-refractivity contribution in [3.63, 3.8) is 0 Å². The quantitative estimate of drug-likeness (QED) is 0.564. The molecule has 0 radical (unpaired) electrons. The molecule has 0 unspecified atom stereocenters. The van der Waals surface area contributed by atoms with E-state index in [1.54, 1.807) is 46.9 Å². The molecule has 0 spiro atoms. The van der Waals surface area contributed by atoms with E-state index in [-0.39, 0.29) is 3.79 Å². The molecular formula is C7H4ClIO. The molecule has 1 nitrogen and oxygen atoms in total. The molecule has 10 heavy (non-hydrogen) atoms. The fourth-order valence-electron chi connectivity index (χ4n) is 0.581. The topological polar surface area (TPSA) is 17.1 Å². The summed E-state index contributed by atoms with van der Waals surface area (Å²) in [6, 6.07) is 6.81. The van der Waals surface area contributed by atoms with Crippen molar-refractivity contribution in [2.75, 3.05) is 0 Å². The lowest BCUT2D eigenvalue weighted by atomic mass is 10.2. The fourth-order valence-corrected chi connectivity index (χ4v) is 1.07. The lowest BCUT2D eigenvalue weighted by Crippen LogP contribution is -1.84. The van der Waals surface area contributed by atoms with Crippen LogP contribution in [-0.2, 0) is 0 Å². The van der Waals surface area contributed by atoms with Crippen LogP contribution >= 0.6 is 34.2 Å². The minimum absolute atomic E-state index is 0.0364. The summed E-state index contributed by atoms with van der Waals surface area (Å²) in [5.41, 5.74) is 0.685. The van der Waals surface area contributed by atoms with Crippen LogP contribution in [0.25, 0.3) is 0 Å². The number of rotatable bonds is 1. The first-order chi connectivity index (χ1) is 4.70.